The summed E-state index contributed by atoms with van der Waals surface area (Å²) in [5, 5.41) is 23.2. The maximum absolute atomic E-state index is 10.8. The molecule has 3 N–H and O–H groups in total. The normalized spacial score (nSPS) is 14.8. The minimum atomic E-state index is 0.131. The third-order valence-electron chi connectivity index (χ3n) is 5.55. The highest BCUT2D eigenvalue weighted by atomic mass is 16.3. The lowest BCUT2D eigenvalue weighted by Crippen LogP contribution is -2.36. The third kappa shape index (κ3) is 3.41. The van der Waals surface area contributed by atoms with Crippen molar-refractivity contribution in [1.82, 2.24) is 29.9 Å². The average Bonchev–Trinajstić information content (AvgIpc) is 3.15. The van der Waals surface area contributed by atoms with Crippen LogP contribution in [0.3, 0.4) is 0 Å². The fraction of sp³-hybridized carbons (Fsp3) is 0.238. The Morgan fingerprint density at radius 3 is 2.55 bits per heavy atom. The van der Waals surface area contributed by atoms with Gasteiger partial charge in [-0.3, -0.25) is 9.48 Å². The molecule has 0 bridgehead atoms. The molecule has 1 aliphatic rings. The van der Waals surface area contributed by atoms with Gasteiger partial charge >= 0.3 is 0 Å². The van der Waals surface area contributed by atoms with E-state index in [2.05, 4.69) is 30.2 Å². The van der Waals surface area contributed by atoms with Gasteiger partial charge in [-0.05, 0) is 31.0 Å². The molecule has 0 saturated carbocycles. The molecule has 1 aliphatic heterocycles. The van der Waals surface area contributed by atoms with Gasteiger partial charge < -0.3 is 15.7 Å². The molecule has 1 fully saturated rings. The van der Waals surface area contributed by atoms with E-state index in [1.54, 1.807) is 18.2 Å². The van der Waals surface area contributed by atoms with Gasteiger partial charge in [0, 0.05) is 31.0 Å². The van der Waals surface area contributed by atoms with Gasteiger partial charge in [-0.2, -0.15) is 5.10 Å². The highest BCUT2D eigenvalue weighted by Gasteiger charge is 2.25. The number of fused-ring (bicyclic) bond motifs is 1. The molecule has 4 aromatic rings. The Balaban J connectivity index is 1.42. The van der Waals surface area contributed by atoms with Crippen LogP contribution in [0, 0.1) is 0 Å². The number of hydrogen-bond acceptors (Lipinski definition) is 9. The molecule has 156 valence electrons. The summed E-state index contributed by atoms with van der Waals surface area (Å²) < 4.78 is 1.91. The molecular weight excluding hydrogens is 396 g/mol. The third-order valence-corrected chi connectivity index (χ3v) is 5.55. The summed E-state index contributed by atoms with van der Waals surface area (Å²) in [6.45, 7) is 1.49. The summed E-state index contributed by atoms with van der Waals surface area (Å²) in [4.78, 5) is 21.4. The van der Waals surface area contributed by atoms with Crippen LogP contribution in [0.1, 0.15) is 29.2 Å². The first kappa shape index (κ1) is 18.9. The molecule has 0 amide bonds. The number of aromatic nitrogens is 6. The number of anilines is 2. The van der Waals surface area contributed by atoms with Crippen LogP contribution in [0.25, 0.3) is 22.3 Å². The van der Waals surface area contributed by atoms with E-state index >= 15 is 0 Å². The number of carbonyl (C=O) groups excluding carboxylic acids is 1. The van der Waals surface area contributed by atoms with Crippen LogP contribution in [-0.4, -0.2) is 54.4 Å². The van der Waals surface area contributed by atoms with Crippen molar-refractivity contribution in [2.45, 2.75) is 18.9 Å². The predicted octanol–water partition coefficient (Wildman–Crippen LogP) is 2.23. The van der Waals surface area contributed by atoms with Crippen molar-refractivity contribution in [2.75, 3.05) is 23.7 Å². The largest absolute Gasteiger partial charge is 0.507 e. The molecule has 0 spiro atoms. The number of rotatable bonds is 4. The Hall–Kier alpha value is -4.08. The van der Waals surface area contributed by atoms with Gasteiger partial charge in [0.1, 0.15) is 5.75 Å². The number of phenols is 1. The second-order valence-corrected chi connectivity index (χ2v) is 7.46. The molecule has 3 aromatic heterocycles. The second-order valence-electron chi connectivity index (χ2n) is 7.46. The van der Waals surface area contributed by atoms with Gasteiger partial charge in [-0.25, -0.2) is 9.97 Å². The summed E-state index contributed by atoms with van der Waals surface area (Å²) in [6, 6.07) is 9.01. The monoisotopic (exact) mass is 416 g/mol. The number of benzene rings is 1. The standard InChI is InChI=1S/C21H20N8O2/c22-20-19-17(9-16(25-26-19)15-3-1-2-4-18(15)31)29(27-20)14-5-7-28(8-6-14)21-23-10-13(12-30)11-24-21/h1-4,9-12,14,31H,5-8H2,(H2,22,27). The minimum absolute atomic E-state index is 0.131. The summed E-state index contributed by atoms with van der Waals surface area (Å²) in [6.07, 6.45) is 5.44. The van der Waals surface area contributed by atoms with E-state index in [9.17, 15) is 9.90 Å². The van der Waals surface area contributed by atoms with Gasteiger partial charge in [0.15, 0.2) is 17.6 Å². The molecule has 1 aromatic carbocycles. The Kier molecular flexibility index (Phi) is 4.66. The van der Waals surface area contributed by atoms with Crippen LogP contribution in [0.15, 0.2) is 42.7 Å². The number of phenolic OH excluding ortho intramolecular Hbond substituents is 1. The van der Waals surface area contributed by atoms with Crippen LogP contribution >= 0.6 is 0 Å². The number of hydrogen-bond donors (Lipinski definition) is 2. The Morgan fingerprint density at radius 2 is 1.84 bits per heavy atom. The number of nitrogen functional groups attached to an aromatic ring is 1. The minimum Gasteiger partial charge on any atom is -0.507 e. The van der Waals surface area contributed by atoms with E-state index in [0.29, 0.717) is 34.1 Å². The van der Waals surface area contributed by atoms with E-state index in [1.165, 1.54) is 12.4 Å². The van der Waals surface area contributed by atoms with Crippen molar-refractivity contribution < 1.29 is 9.90 Å². The molecule has 0 aliphatic carbocycles. The summed E-state index contributed by atoms with van der Waals surface area (Å²) in [5.74, 6) is 1.09. The van der Waals surface area contributed by atoms with E-state index < -0.39 is 0 Å². The van der Waals surface area contributed by atoms with Gasteiger partial charge in [0.2, 0.25) is 5.95 Å². The lowest BCUT2D eigenvalue weighted by Gasteiger charge is -2.32. The van der Waals surface area contributed by atoms with Crippen LogP contribution in [-0.2, 0) is 0 Å². The molecule has 10 nitrogen and oxygen atoms in total. The number of nitrogens with zero attached hydrogens (tertiary/aromatic N) is 7. The zero-order chi connectivity index (χ0) is 21.4. The highest BCUT2D eigenvalue weighted by molar-refractivity contribution is 5.87. The SMILES string of the molecule is Nc1nn(C2CCN(c3ncc(C=O)cn3)CC2)c2cc(-c3ccccc3O)nnc12. The summed E-state index contributed by atoms with van der Waals surface area (Å²) in [5.41, 5.74) is 9.07. The molecule has 10 heteroatoms. The zero-order valence-electron chi connectivity index (χ0n) is 16.6. The topological polar surface area (TPSA) is 136 Å². The van der Waals surface area contributed by atoms with Gasteiger partial charge in [-0.1, -0.05) is 12.1 Å². The Bertz CT molecular complexity index is 1250. The van der Waals surface area contributed by atoms with E-state index in [4.69, 9.17) is 5.73 Å². The predicted molar refractivity (Wildman–Crippen MR) is 115 cm³/mol. The van der Waals surface area contributed by atoms with Crippen LogP contribution in [0.4, 0.5) is 11.8 Å². The van der Waals surface area contributed by atoms with E-state index in [1.807, 2.05) is 16.8 Å². The highest BCUT2D eigenvalue weighted by Crippen LogP contribution is 2.32. The Morgan fingerprint density at radius 1 is 1.10 bits per heavy atom. The number of piperidine rings is 1. The van der Waals surface area contributed by atoms with Gasteiger partial charge in [0.05, 0.1) is 22.8 Å². The molecular formula is C21H20N8O2. The summed E-state index contributed by atoms with van der Waals surface area (Å²) >= 11 is 0. The maximum atomic E-state index is 10.8. The first-order valence-electron chi connectivity index (χ1n) is 9.96. The summed E-state index contributed by atoms with van der Waals surface area (Å²) in [7, 11) is 0. The first-order chi connectivity index (χ1) is 15.1. The second kappa shape index (κ2) is 7.63. The van der Waals surface area contributed by atoms with Crippen LogP contribution in [0.2, 0.25) is 0 Å². The fourth-order valence-electron chi connectivity index (χ4n) is 3.92. The number of carbonyl (C=O) groups is 1. The van der Waals surface area contributed by atoms with Crippen LogP contribution in [0.5, 0.6) is 5.75 Å². The molecule has 31 heavy (non-hydrogen) atoms. The molecule has 4 heterocycles. The van der Waals surface area contributed by atoms with Crippen LogP contribution < -0.4 is 10.6 Å². The lowest BCUT2D eigenvalue weighted by molar-refractivity contribution is 0.112. The van der Waals surface area contributed by atoms with Crippen molar-refractivity contribution in [3.05, 3.63) is 48.3 Å². The smallest absolute Gasteiger partial charge is 0.225 e. The molecule has 0 radical (unpaired) electrons. The fourth-order valence-corrected chi connectivity index (χ4v) is 3.92. The zero-order valence-corrected chi connectivity index (χ0v) is 16.6. The molecule has 1 saturated heterocycles. The molecule has 0 unspecified atom stereocenters. The average molecular weight is 416 g/mol. The molecule has 0 atom stereocenters. The van der Waals surface area contributed by atoms with E-state index in [0.717, 1.165) is 37.7 Å². The molecule has 5 rings (SSSR count). The van der Waals surface area contributed by atoms with Crippen molar-refractivity contribution in [3.8, 4) is 17.0 Å². The van der Waals surface area contributed by atoms with Crippen molar-refractivity contribution in [1.29, 1.82) is 0 Å². The lowest BCUT2D eigenvalue weighted by atomic mass is 10.1. The number of para-hydroxylation sites is 1. The van der Waals surface area contributed by atoms with Gasteiger partial charge in [-0.15, -0.1) is 10.2 Å². The van der Waals surface area contributed by atoms with Crippen molar-refractivity contribution in [3.63, 3.8) is 0 Å². The van der Waals surface area contributed by atoms with Crippen molar-refractivity contribution in [2.24, 2.45) is 0 Å². The quantitative estimate of drug-likeness (QED) is 0.480. The van der Waals surface area contributed by atoms with Crippen molar-refractivity contribution >= 4 is 29.1 Å². The Labute approximate surface area is 177 Å². The maximum Gasteiger partial charge on any atom is 0.225 e. The number of aldehydes is 1. The number of aromatic hydroxyl groups is 1. The first-order valence-corrected chi connectivity index (χ1v) is 9.96. The number of nitrogens with two attached hydrogens (primary N) is 1. The van der Waals surface area contributed by atoms with E-state index in [-0.39, 0.29) is 11.8 Å². The van der Waals surface area contributed by atoms with Gasteiger partial charge in [0.25, 0.3) is 0 Å².